The molecule has 4 aliphatic rings. The number of rotatable bonds is 4. The molecule has 0 spiro atoms. The summed E-state index contributed by atoms with van der Waals surface area (Å²) >= 11 is 0. The third-order valence-electron chi connectivity index (χ3n) is 9.57. The van der Waals surface area contributed by atoms with Crippen molar-refractivity contribution in [1.82, 2.24) is 0 Å². The van der Waals surface area contributed by atoms with E-state index in [1.165, 1.54) is 6.08 Å². The molecule has 1 heterocycles. The first-order valence-corrected chi connectivity index (χ1v) is 12.7. The van der Waals surface area contributed by atoms with E-state index >= 15 is 0 Å². The summed E-state index contributed by atoms with van der Waals surface area (Å²) in [6.45, 7) is 6.15. The van der Waals surface area contributed by atoms with Crippen molar-refractivity contribution >= 4 is 24.0 Å². The predicted octanol–water partition coefficient (Wildman–Crippen LogP) is 5.04. The number of carboxylic acid groups (broad SMARTS) is 1. The molecule has 1 aliphatic heterocycles. The average molecular weight is 479 g/mol. The quantitative estimate of drug-likeness (QED) is 0.482. The van der Waals surface area contributed by atoms with Gasteiger partial charge in [0.1, 0.15) is 12.2 Å². The van der Waals surface area contributed by atoms with Crippen molar-refractivity contribution < 1.29 is 29.0 Å². The van der Waals surface area contributed by atoms with E-state index < -0.39 is 23.5 Å². The van der Waals surface area contributed by atoms with E-state index in [0.29, 0.717) is 19.3 Å². The largest absolute Gasteiger partial charge is 0.481 e. The first-order valence-electron chi connectivity index (χ1n) is 12.7. The molecule has 1 aromatic carbocycles. The molecule has 1 aromatic rings. The van der Waals surface area contributed by atoms with E-state index in [1.54, 1.807) is 12.2 Å². The molecular weight excluding hydrogens is 444 g/mol. The Hall–Kier alpha value is -2.89. The minimum absolute atomic E-state index is 0.113. The Kier molecular flexibility index (Phi) is 5.89. The molecule has 8 atom stereocenters. The Balaban J connectivity index is 1.49. The molecule has 1 N–H and O–H groups in total. The molecule has 35 heavy (non-hydrogen) atoms. The number of ether oxygens (including phenoxy) is 2. The summed E-state index contributed by atoms with van der Waals surface area (Å²) in [5, 5.41) is 10.4. The third-order valence-corrected chi connectivity index (χ3v) is 9.57. The van der Waals surface area contributed by atoms with Gasteiger partial charge in [0.05, 0.1) is 5.41 Å². The zero-order chi connectivity index (χ0) is 25.0. The van der Waals surface area contributed by atoms with Crippen LogP contribution in [-0.4, -0.2) is 35.2 Å². The van der Waals surface area contributed by atoms with Gasteiger partial charge in [-0.25, -0.2) is 9.59 Å². The van der Waals surface area contributed by atoms with Crippen molar-refractivity contribution in [2.24, 2.45) is 34.5 Å². The molecule has 6 nitrogen and oxygen atoms in total. The SMILES string of the molecule is C[C@H]1C2=CC(=O)O[C@@H]2C[C@H]2[C@H]1C[C@@H](OC(=O)/C=C/c1ccccc1)[C@@H]1[C@]2(C)CCC[C@@]1(C)C(=O)O. The molecule has 0 saturated heterocycles. The predicted molar refractivity (Wildman–Crippen MR) is 130 cm³/mol. The maximum Gasteiger partial charge on any atom is 0.331 e. The van der Waals surface area contributed by atoms with Crippen molar-refractivity contribution in [3.05, 3.63) is 53.6 Å². The highest BCUT2D eigenvalue weighted by molar-refractivity contribution is 5.87. The van der Waals surface area contributed by atoms with Gasteiger partial charge in [0, 0.05) is 18.1 Å². The monoisotopic (exact) mass is 478 g/mol. The highest BCUT2D eigenvalue weighted by Crippen LogP contribution is 2.66. The summed E-state index contributed by atoms with van der Waals surface area (Å²) in [6, 6.07) is 9.55. The van der Waals surface area contributed by atoms with Crippen molar-refractivity contribution in [3.8, 4) is 0 Å². The van der Waals surface area contributed by atoms with E-state index in [4.69, 9.17) is 9.47 Å². The smallest absolute Gasteiger partial charge is 0.331 e. The van der Waals surface area contributed by atoms with E-state index in [-0.39, 0.29) is 41.2 Å². The van der Waals surface area contributed by atoms with Crippen LogP contribution in [0.5, 0.6) is 0 Å². The van der Waals surface area contributed by atoms with Gasteiger partial charge < -0.3 is 14.6 Å². The number of carbonyl (C=O) groups excluding carboxylic acids is 2. The van der Waals surface area contributed by atoms with E-state index in [1.807, 2.05) is 37.3 Å². The van der Waals surface area contributed by atoms with E-state index in [0.717, 1.165) is 24.0 Å². The van der Waals surface area contributed by atoms with Crippen LogP contribution in [0, 0.1) is 34.5 Å². The first kappa shape index (κ1) is 23.8. The Labute approximate surface area is 206 Å². The minimum Gasteiger partial charge on any atom is -0.481 e. The maximum atomic E-state index is 13.0. The van der Waals surface area contributed by atoms with Gasteiger partial charge in [-0.2, -0.15) is 0 Å². The summed E-state index contributed by atoms with van der Waals surface area (Å²) in [5.74, 6) is -1.37. The lowest BCUT2D eigenvalue weighted by Crippen LogP contribution is -2.63. The highest BCUT2D eigenvalue weighted by atomic mass is 16.6. The summed E-state index contributed by atoms with van der Waals surface area (Å²) in [5.41, 5.74) is 0.606. The van der Waals surface area contributed by atoms with Crippen LogP contribution < -0.4 is 0 Å². The van der Waals surface area contributed by atoms with Crippen LogP contribution in [0.15, 0.2) is 48.1 Å². The third kappa shape index (κ3) is 3.91. The number of fused-ring (bicyclic) bond motifs is 4. The summed E-state index contributed by atoms with van der Waals surface area (Å²) in [4.78, 5) is 37.7. The Morgan fingerprint density at radius 2 is 1.89 bits per heavy atom. The molecule has 5 rings (SSSR count). The molecule has 3 fully saturated rings. The van der Waals surface area contributed by atoms with Gasteiger partial charge in [0.2, 0.25) is 0 Å². The molecule has 6 heteroatoms. The second kappa shape index (κ2) is 8.65. The second-order valence-electron chi connectivity index (χ2n) is 11.4. The fourth-order valence-electron chi connectivity index (χ4n) is 8.01. The van der Waals surface area contributed by atoms with Crippen LogP contribution in [-0.2, 0) is 23.9 Å². The van der Waals surface area contributed by atoms with Crippen molar-refractivity contribution in [3.63, 3.8) is 0 Å². The lowest BCUT2D eigenvalue weighted by atomic mass is 9.42. The maximum absolute atomic E-state index is 13.0. The second-order valence-corrected chi connectivity index (χ2v) is 11.4. The molecule has 0 radical (unpaired) electrons. The van der Waals surface area contributed by atoms with Crippen LogP contribution in [0.25, 0.3) is 6.08 Å². The first-order chi connectivity index (χ1) is 16.6. The van der Waals surface area contributed by atoms with Crippen LogP contribution in [0.1, 0.15) is 58.4 Å². The van der Waals surface area contributed by atoms with Gasteiger partial charge in [0.25, 0.3) is 0 Å². The molecule has 3 aliphatic carbocycles. The van der Waals surface area contributed by atoms with Crippen LogP contribution in [0.3, 0.4) is 0 Å². The number of aliphatic carboxylic acids is 1. The van der Waals surface area contributed by atoms with Crippen molar-refractivity contribution in [2.75, 3.05) is 0 Å². The number of benzene rings is 1. The van der Waals surface area contributed by atoms with Gasteiger partial charge in [-0.15, -0.1) is 0 Å². The topological polar surface area (TPSA) is 89.9 Å². The summed E-state index contributed by atoms with van der Waals surface area (Å²) in [6.07, 6.45) is 7.63. The van der Waals surface area contributed by atoms with Gasteiger partial charge in [0.15, 0.2) is 0 Å². The van der Waals surface area contributed by atoms with E-state index in [9.17, 15) is 19.5 Å². The minimum atomic E-state index is -0.988. The average Bonchev–Trinajstić information content (AvgIpc) is 3.20. The van der Waals surface area contributed by atoms with Crippen LogP contribution in [0.4, 0.5) is 0 Å². The lowest BCUT2D eigenvalue weighted by Gasteiger charge is -2.63. The van der Waals surface area contributed by atoms with E-state index in [2.05, 4.69) is 13.8 Å². The standard InChI is InChI=1S/C29H34O6/c1-17-19-14-23(35-24(30)11-10-18-8-5-4-6-9-18)26-28(2,12-7-13-29(26,3)27(32)33)21(19)16-22-20(17)15-25(31)34-22/h4-6,8-11,15,17,19,21-23,26H,7,12-14,16H2,1-3H3,(H,32,33)/b11-10+/t17-,19+,21+,22-,23-,26-,28-,29-/m1/s1. The lowest BCUT2D eigenvalue weighted by molar-refractivity contribution is -0.209. The van der Waals surface area contributed by atoms with Gasteiger partial charge >= 0.3 is 17.9 Å². The van der Waals surface area contributed by atoms with Gasteiger partial charge in [-0.05, 0) is 73.0 Å². The molecule has 0 aromatic heterocycles. The zero-order valence-electron chi connectivity index (χ0n) is 20.6. The molecule has 0 amide bonds. The number of esters is 2. The zero-order valence-corrected chi connectivity index (χ0v) is 20.6. The number of hydrogen-bond acceptors (Lipinski definition) is 5. The van der Waals surface area contributed by atoms with Crippen molar-refractivity contribution in [1.29, 1.82) is 0 Å². The Bertz CT molecular complexity index is 1090. The number of hydrogen-bond donors (Lipinski definition) is 1. The molecule has 0 unspecified atom stereocenters. The number of carbonyl (C=O) groups is 3. The highest BCUT2D eigenvalue weighted by Gasteiger charge is 2.65. The number of carboxylic acids is 1. The molecule has 186 valence electrons. The van der Waals surface area contributed by atoms with Crippen LogP contribution >= 0.6 is 0 Å². The Morgan fingerprint density at radius 1 is 1.14 bits per heavy atom. The summed E-state index contributed by atoms with van der Waals surface area (Å²) < 4.78 is 11.7. The normalized spacial score (nSPS) is 40.2. The molecular formula is C29H34O6. The Morgan fingerprint density at radius 3 is 2.60 bits per heavy atom. The van der Waals surface area contributed by atoms with Crippen molar-refractivity contribution in [2.45, 2.75) is 65.1 Å². The summed E-state index contributed by atoms with van der Waals surface area (Å²) in [7, 11) is 0. The van der Waals surface area contributed by atoms with Gasteiger partial charge in [-0.1, -0.05) is 50.6 Å². The fraction of sp³-hybridized carbons (Fsp3) is 0.552. The molecule has 3 saturated carbocycles. The molecule has 0 bridgehead atoms. The van der Waals surface area contributed by atoms with Gasteiger partial charge in [-0.3, -0.25) is 4.79 Å². The fourth-order valence-corrected chi connectivity index (χ4v) is 8.01. The van der Waals surface area contributed by atoms with Crippen LogP contribution in [0.2, 0.25) is 0 Å².